The lowest BCUT2D eigenvalue weighted by Gasteiger charge is -2.35. The third kappa shape index (κ3) is 3.91. The summed E-state index contributed by atoms with van der Waals surface area (Å²) >= 11 is 3.91. The minimum Gasteiger partial charge on any atom is -0.466 e. The van der Waals surface area contributed by atoms with Crippen molar-refractivity contribution in [1.29, 1.82) is 0 Å². The van der Waals surface area contributed by atoms with E-state index in [2.05, 4.69) is 25.8 Å². The predicted molar refractivity (Wildman–Crippen MR) is 85.0 cm³/mol. The van der Waals surface area contributed by atoms with E-state index < -0.39 is 78.1 Å². The van der Waals surface area contributed by atoms with E-state index in [0.29, 0.717) is 0 Å². The molecule has 0 heterocycles. The van der Waals surface area contributed by atoms with E-state index in [1.54, 1.807) is 0 Å². The Morgan fingerprint density at radius 3 is 1.48 bits per heavy atom. The summed E-state index contributed by atoms with van der Waals surface area (Å²) in [6.07, 6.45) is 0. The summed E-state index contributed by atoms with van der Waals surface area (Å²) in [6, 6.07) is 0. The van der Waals surface area contributed by atoms with Gasteiger partial charge in [0.2, 0.25) is 0 Å². The fourth-order valence-corrected chi connectivity index (χ4v) is 3.23. The topological polar surface area (TPSA) is 78.9 Å². The van der Waals surface area contributed by atoms with Crippen LogP contribution in [0.5, 0.6) is 0 Å². The Balaban J connectivity index is 3.74. The van der Waals surface area contributed by atoms with E-state index in [0.717, 1.165) is 20.8 Å². The molecule has 1 aliphatic rings. The molecular weight excluding hydrogens is 476 g/mol. The van der Waals surface area contributed by atoms with Gasteiger partial charge >= 0.3 is 41.1 Å². The van der Waals surface area contributed by atoms with Gasteiger partial charge in [-0.1, -0.05) is 0 Å². The van der Waals surface area contributed by atoms with Gasteiger partial charge in [0, 0.05) is 0 Å². The highest BCUT2D eigenvalue weighted by atomic mass is 35.5. The molecule has 180 valence electrons. The molecule has 0 saturated heterocycles. The van der Waals surface area contributed by atoms with Gasteiger partial charge in [-0.25, -0.2) is 0 Å². The van der Waals surface area contributed by atoms with Crippen molar-refractivity contribution in [3.8, 4) is 0 Å². The van der Waals surface area contributed by atoms with E-state index in [1.165, 1.54) is 0 Å². The molecule has 0 radical (unpaired) electrons. The molecule has 0 N–H and O–H groups in total. The van der Waals surface area contributed by atoms with Crippen molar-refractivity contribution in [1.82, 2.24) is 0 Å². The van der Waals surface area contributed by atoms with Gasteiger partial charge in [-0.15, -0.1) is 0 Å². The van der Waals surface area contributed by atoms with Crippen molar-refractivity contribution in [3.63, 3.8) is 0 Å². The quantitative estimate of drug-likeness (QED) is 0.152. The Morgan fingerprint density at radius 1 is 0.774 bits per heavy atom. The van der Waals surface area contributed by atoms with E-state index in [1.807, 2.05) is 0 Å². The van der Waals surface area contributed by atoms with E-state index in [9.17, 15) is 49.5 Å². The maximum atomic E-state index is 14.7. The Labute approximate surface area is 175 Å². The second-order valence-electron chi connectivity index (χ2n) is 6.29. The van der Waals surface area contributed by atoms with Gasteiger partial charge in [0.1, 0.15) is 0 Å². The number of hydrogen-bond donors (Lipinski definition) is 0. The van der Waals surface area contributed by atoms with E-state index in [-0.39, 0.29) is 0 Å². The molecule has 1 saturated carbocycles. The summed E-state index contributed by atoms with van der Waals surface area (Å²) in [5, 5.41) is -6.16. The van der Waals surface area contributed by atoms with Gasteiger partial charge in [0.05, 0.1) is 31.7 Å². The van der Waals surface area contributed by atoms with Crippen molar-refractivity contribution >= 4 is 29.5 Å². The minimum atomic E-state index is -6.93. The molecule has 0 aromatic rings. The Hall–Kier alpha value is -1.86. The van der Waals surface area contributed by atoms with Crippen LogP contribution >= 0.6 is 11.6 Å². The van der Waals surface area contributed by atoms with E-state index in [4.69, 9.17) is 0 Å². The highest BCUT2D eigenvalue weighted by Gasteiger charge is 2.94. The minimum absolute atomic E-state index is 0.554. The fourth-order valence-electron chi connectivity index (χ4n) is 3.11. The molecule has 0 aromatic heterocycles. The van der Waals surface area contributed by atoms with E-state index >= 15 is 0 Å². The highest BCUT2D eigenvalue weighted by Crippen LogP contribution is 2.71. The summed E-state index contributed by atoms with van der Waals surface area (Å²) in [4.78, 5) is 36.7. The van der Waals surface area contributed by atoms with Crippen LogP contribution in [-0.4, -0.2) is 60.9 Å². The van der Waals surface area contributed by atoms with Crippen LogP contribution in [0.15, 0.2) is 0 Å². The summed E-state index contributed by atoms with van der Waals surface area (Å²) in [5.74, 6) is -32.2. The predicted octanol–water partition coefficient (Wildman–Crippen LogP) is 3.65. The van der Waals surface area contributed by atoms with Crippen molar-refractivity contribution in [2.75, 3.05) is 19.8 Å². The van der Waals surface area contributed by atoms with Gasteiger partial charge in [0.15, 0.2) is 5.41 Å². The summed E-state index contributed by atoms with van der Waals surface area (Å²) in [7, 11) is 0. The van der Waals surface area contributed by atoms with Gasteiger partial charge in [-0.05, 0) is 32.4 Å². The standard InChI is InChI=1S/C16H17ClF8O6/c1-4-29-9(26)7-8(12(7,10(27)30-5-2)11(28)31-6-3)13(18,19)14(20,21)15(22,23)16(17,24)25/h7-8H,4-6H2,1-3H3/t7-,8-/m1/s1. The number of hydrogen-bond acceptors (Lipinski definition) is 6. The molecule has 0 amide bonds. The van der Waals surface area contributed by atoms with Crippen LogP contribution < -0.4 is 0 Å². The number of alkyl halides is 9. The van der Waals surface area contributed by atoms with Crippen LogP contribution in [0.3, 0.4) is 0 Å². The number of rotatable bonds is 10. The SMILES string of the molecule is CCOC(=O)[C@H]1[C@@H](C(F)(F)C(F)(F)C(F)(F)C(F)(F)Cl)C1(C(=O)OCC)C(=O)OCC. The monoisotopic (exact) mass is 492 g/mol. The normalized spacial score (nSPS) is 21.3. The highest BCUT2D eigenvalue weighted by molar-refractivity contribution is 6.22. The zero-order valence-corrected chi connectivity index (χ0v) is 16.9. The fraction of sp³-hybridized carbons (Fsp3) is 0.812. The number of halogens is 9. The van der Waals surface area contributed by atoms with Crippen LogP contribution in [0.25, 0.3) is 0 Å². The molecule has 0 spiro atoms. The van der Waals surface area contributed by atoms with Crippen LogP contribution in [0.1, 0.15) is 20.8 Å². The lowest BCUT2D eigenvalue weighted by molar-refractivity contribution is -0.354. The smallest absolute Gasteiger partial charge is 0.392 e. The second kappa shape index (κ2) is 8.58. The molecule has 6 nitrogen and oxygen atoms in total. The average molecular weight is 493 g/mol. The molecule has 1 aliphatic carbocycles. The van der Waals surface area contributed by atoms with Crippen molar-refractivity contribution in [2.45, 2.75) is 43.9 Å². The molecule has 1 rings (SSSR count). The molecule has 0 unspecified atom stereocenters. The van der Waals surface area contributed by atoms with Crippen molar-refractivity contribution in [3.05, 3.63) is 0 Å². The molecule has 15 heteroatoms. The first-order valence-corrected chi connectivity index (χ1v) is 9.03. The van der Waals surface area contributed by atoms with Crippen LogP contribution in [-0.2, 0) is 28.6 Å². The Morgan fingerprint density at radius 2 is 1.16 bits per heavy atom. The molecule has 2 atom stereocenters. The zero-order valence-electron chi connectivity index (χ0n) is 16.1. The van der Waals surface area contributed by atoms with Gasteiger partial charge in [-0.2, -0.15) is 35.1 Å². The van der Waals surface area contributed by atoms with Crippen LogP contribution in [0.4, 0.5) is 35.1 Å². The maximum Gasteiger partial charge on any atom is 0.392 e. The Kier molecular flexibility index (Phi) is 7.52. The third-order valence-corrected chi connectivity index (χ3v) is 4.77. The second-order valence-corrected chi connectivity index (χ2v) is 6.76. The molecular formula is C16H17ClF8O6. The number of carbonyl (C=O) groups excluding carboxylic acids is 3. The molecule has 1 fully saturated rings. The summed E-state index contributed by atoms with van der Waals surface area (Å²) < 4.78 is 124. The van der Waals surface area contributed by atoms with Crippen LogP contribution in [0, 0.1) is 17.3 Å². The Bertz CT molecular complexity index is 705. The number of carbonyl (C=O) groups is 3. The van der Waals surface area contributed by atoms with Gasteiger partial charge in [-0.3, -0.25) is 14.4 Å². The zero-order chi connectivity index (χ0) is 24.6. The first kappa shape index (κ1) is 27.2. The third-order valence-electron chi connectivity index (χ3n) is 4.53. The average Bonchev–Trinajstić information content (AvgIpc) is 3.33. The molecule has 31 heavy (non-hydrogen) atoms. The molecule has 0 aliphatic heterocycles. The number of esters is 3. The van der Waals surface area contributed by atoms with Gasteiger partial charge < -0.3 is 14.2 Å². The largest absolute Gasteiger partial charge is 0.466 e. The lowest BCUT2D eigenvalue weighted by atomic mass is 9.93. The molecule has 0 aromatic carbocycles. The molecule has 0 bridgehead atoms. The van der Waals surface area contributed by atoms with Crippen molar-refractivity contribution < 1.29 is 63.7 Å². The first-order valence-electron chi connectivity index (χ1n) is 8.65. The first-order chi connectivity index (χ1) is 13.9. The summed E-state index contributed by atoms with van der Waals surface area (Å²) in [6.45, 7) is 1.59. The number of ether oxygens (including phenoxy) is 3. The summed E-state index contributed by atoms with van der Waals surface area (Å²) in [5.41, 5.74) is -3.54. The maximum absolute atomic E-state index is 14.7. The van der Waals surface area contributed by atoms with Crippen LogP contribution in [0.2, 0.25) is 0 Å². The van der Waals surface area contributed by atoms with Crippen molar-refractivity contribution in [2.24, 2.45) is 17.3 Å². The van der Waals surface area contributed by atoms with Gasteiger partial charge in [0.25, 0.3) is 0 Å². The lowest BCUT2D eigenvalue weighted by Crippen LogP contribution is -2.62.